The van der Waals surface area contributed by atoms with Crippen molar-refractivity contribution in [1.29, 1.82) is 0 Å². The molecular formula is C21H26FNO2. The zero-order valence-electron chi connectivity index (χ0n) is 15.0. The Bertz CT molecular complexity index is 694. The minimum atomic E-state index is -0.241. The third-order valence-corrected chi connectivity index (χ3v) is 4.87. The van der Waals surface area contributed by atoms with Crippen molar-refractivity contribution in [3.63, 3.8) is 0 Å². The Kier molecular flexibility index (Phi) is 5.92. The van der Waals surface area contributed by atoms with E-state index in [-0.39, 0.29) is 5.82 Å². The summed E-state index contributed by atoms with van der Waals surface area (Å²) in [6, 6.07) is 10.9. The molecule has 1 N–H and O–H groups in total. The van der Waals surface area contributed by atoms with Crippen LogP contribution in [0.5, 0.6) is 11.5 Å². The number of hydrogen-bond acceptors (Lipinski definition) is 3. The van der Waals surface area contributed by atoms with Crippen molar-refractivity contribution < 1.29 is 13.9 Å². The van der Waals surface area contributed by atoms with Crippen LogP contribution in [0.3, 0.4) is 0 Å². The number of halogens is 1. The van der Waals surface area contributed by atoms with Gasteiger partial charge in [0.2, 0.25) is 0 Å². The number of ether oxygens (including phenoxy) is 2. The van der Waals surface area contributed by atoms with E-state index in [1.165, 1.54) is 31.4 Å². The van der Waals surface area contributed by atoms with Gasteiger partial charge < -0.3 is 14.8 Å². The van der Waals surface area contributed by atoms with Crippen molar-refractivity contribution >= 4 is 0 Å². The van der Waals surface area contributed by atoms with Crippen molar-refractivity contribution in [1.82, 2.24) is 5.32 Å². The van der Waals surface area contributed by atoms with E-state index >= 15 is 0 Å². The molecule has 4 heteroatoms. The molecule has 1 unspecified atom stereocenters. The molecule has 3 nitrogen and oxygen atoms in total. The Balaban J connectivity index is 1.80. The fraction of sp³-hybridized carbons (Fsp3) is 0.429. The van der Waals surface area contributed by atoms with Crippen molar-refractivity contribution in [2.45, 2.75) is 38.6 Å². The second-order valence-electron chi connectivity index (χ2n) is 6.56. The van der Waals surface area contributed by atoms with E-state index in [2.05, 4.69) is 5.32 Å². The second kappa shape index (κ2) is 8.34. The maximum absolute atomic E-state index is 13.3. The third-order valence-electron chi connectivity index (χ3n) is 4.87. The van der Waals surface area contributed by atoms with Gasteiger partial charge in [0.05, 0.1) is 13.7 Å². The van der Waals surface area contributed by atoms with Crippen LogP contribution < -0.4 is 14.8 Å². The smallest absolute Gasteiger partial charge is 0.127 e. The molecule has 0 bridgehead atoms. The summed E-state index contributed by atoms with van der Waals surface area (Å²) >= 11 is 0. The maximum Gasteiger partial charge on any atom is 0.127 e. The molecule has 0 amide bonds. The highest BCUT2D eigenvalue weighted by Crippen LogP contribution is 2.38. The first-order valence-electron chi connectivity index (χ1n) is 8.98. The van der Waals surface area contributed by atoms with E-state index in [1.807, 2.05) is 19.1 Å². The van der Waals surface area contributed by atoms with Gasteiger partial charge in [-0.3, -0.25) is 0 Å². The predicted octanol–water partition coefficient (Wildman–Crippen LogP) is 4.72. The number of benzene rings is 2. The van der Waals surface area contributed by atoms with E-state index in [4.69, 9.17) is 9.47 Å². The lowest BCUT2D eigenvalue weighted by Crippen LogP contribution is -2.35. The fourth-order valence-electron chi connectivity index (χ4n) is 3.47. The molecule has 25 heavy (non-hydrogen) atoms. The van der Waals surface area contributed by atoms with Crippen LogP contribution in [0.4, 0.5) is 4.39 Å². The fourth-order valence-corrected chi connectivity index (χ4v) is 3.47. The second-order valence-corrected chi connectivity index (χ2v) is 6.56. The largest absolute Gasteiger partial charge is 0.496 e. The quantitative estimate of drug-likeness (QED) is 0.823. The molecule has 3 rings (SSSR count). The molecule has 0 spiro atoms. The molecular weight excluding hydrogens is 317 g/mol. The summed E-state index contributed by atoms with van der Waals surface area (Å²) < 4.78 is 24.9. The average molecular weight is 343 g/mol. The summed E-state index contributed by atoms with van der Waals surface area (Å²) in [7, 11) is 1.66. The standard InChI is InChI=1S/C21H26FNO2/c1-15-19(24-2)10-11-20(21(15)16-6-8-17(22)9-7-16)25-14-12-18-5-3-4-13-23-18/h6-11,18,23H,3-5,12-14H2,1-2H3. The molecule has 1 atom stereocenters. The van der Waals surface area contributed by atoms with Gasteiger partial charge in [0, 0.05) is 17.2 Å². The van der Waals surface area contributed by atoms with Gasteiger partial charge in [0.25, 0.3) is 0 Å². The predicted molar refractivity (Wildman–Crippen MR) is 98.9 cm³/mol. The highest BCUT2D eigenvalue weighted by atomic mass is 19.1. The SMILES string of the molecule is COc1ccc(OCCC2CCCCN2)c(-c2ccc(F)cc2)c1C. The molecule has 134 valence electrons. The molecule has 2 aromatic carbocycles. The zero-order valence-corrected chi connectivity index (χ0v) is 15.0. The molecule has 1 aliphatic heterocycles. The van der Waals surface area contributed by atoms with E-state index < -0.39 is 0 Å². The lowest BCUT2D eigenvalue weighted by molar-refractivity contribution is 0.268. The van der Waals surface area contributed by atoms with Gasteiger partial charge >= 0.3 is 0 Å². The summed E-state index contributed by atoms with van der Waals surface area (Å²) in [6.45, 7) is 3.78. The third kappa shape index (κ3) is 4.31. The van der Waals surface area contributed by atoms with Gasteiger partial charge in [-0.05, 0) is 62.6 Å². The molecule has 1 aliphatic rings. The van der Waals surface area contributed by atoms with E-state index in [1.54, 1.807) is 19.2 Å². The van der Waals surface area contributed by atoms with Gasteiger partial charge in [-0.1, -0.05) is 18.6 Å². The van der Waals surface area contributed by atoms with Crippen LogP contribution in [-0.4, -0.2) is 26.3 Å². The lowest BCUT2D eigenvalue weighted by Gasteiger charge is -2.24. The monoisotopic (exact) mass is 343 g/mol. The number of rotatable bonds is 6. The molecule has 1 saturated heterocycles. The Labute approximate surface area is 149 Å². The maximum atomic E-state index is 13.3. The molecule has 1 heterocycles. The van der Waals surface area contributed by atoms with Crippen molar-refractivity contribution in [3.8, 4) is 22.6 Å². The first-order chi connectivity index (χ1) is 12.2. The first kappa shape index (κ1) is 17.7. The summed E-state index contributed by atoms with van der Waals surface area (Å²) in [5.41, 5.74) is 2.90. The van der Waals surface area contributed by atoms with Crippen molar-refractivity contribution in [2.75, 3.05) is 20.3 Å². The van der Waals surface area contributed by atoms with E-state index in [0.29, 0.717) is 12.6 Å². The van der Waals surface area contributed by atoms with Crippen LogP contribution in [0.15, 0.2) is 36.4 Å². The van der Waals surface area contributed by atoms with Crippen LogP contribution >= 0.6 is 0 Å². The van der Waals surface area contributed by atoms with Gasteiger partial charge in [-0.25, -0.2) is 4.39 Å². The Morgan fingerprint density at radius 1 is 1.08 bits per heavy atom. The number of methoxy groups -OCH3 is 1. The van der Waals surface area contributed by atoms with E-state index in [9.17, 15) is 4.39 Å². The number of piperidine rings is 1. The highest BCUT2D eigenvalue weighted by Gasteiger charge is 2.16. The molecule has 0 aliphatic carbocycles. The molecule has 0 radical (unpaired) electrons. The van der Waals surface area contributed by atoms with E-state index in [0.717, 1.165) is 41.2 Å². The molecule has 1 fully saturated rings. The van der Waals surface area contributed by atoms with Gasteiger partial charge in [0.1, 0.15) is 17.3 Å². The highest BCUT2D eigenvalue weighted by molar-refractivity contribution is 5.76. The lowest BCUT2D eigenvalue weighted by atomic mass is 9.98. The van der Waals surface area contributed by atoms with Crippen LogP contribution in [0.25, 0.3) is 11.1 Å². The number of hydrogen-bond donors (Lipinski definition) is 1. The summed E-state index contributed by atoms with van der Waals surface area (Å²) in [4.78, 5) is 0. The van der Waals surface area contributed by atoms with Crippen LogP contribution in [0.1, 0.15) is 31.2 Å². The van der Waals surface area contributed by atoms with Gasteiger partial charge in [-0.2, -0.15) is 0 Å². The Morgan fingerprint density at radius 3 is 2.52 bits per heavy atom. The average Bonchev–Trinajstić information content (AvgIpc) is 2.64. The molecule has 2 aromatic rings. The minimum Gasteiger partial charge on any atom is -0.496 e. The summed E-state index contributed by atoms with van der Waals surface area (Å²) in [6.07, 6.45) is 4.77. The molecule has 0 aromatic heterocycles. The van der Waals surface area contributed by atoms with Crippen molar-refractivity contribution in [3.05, 3.63) is 47.8 Å². The Morgan fingerprint density at radius 2 is 1.84 bits per heavy atom. The van der Waals surface area contributed by atoms with Gasteiger partial charge in [-0.15, -0.1) is 0 Å². The topological polar surface area (TPSA) is 30.5 Å². The summed E-state index contributed by atoms with van der Waals surface area (Å²) in [5.74, 6) is 1.39. The van der Waals surface area contributed by atoms with Crippen LogP contribution in [0.2, 0.25) is 0 Å². The first-order valence-corrected chi connectivity index (χ1v) is 8.98. The van der Waals surface area contributed by atoms with Crippen LogP contribution in [0, 0.1) is 12.7 Å². The zero-order chi connectivity index (χ0) is 17.6. The minimum absolute atomic E-state index is 0.241. The summed E-state index contributed by atoms with van der Waals surface area (Å²) in [5, 5.41) is 3.55. The Hall–Kier alpha value is -2.07. The van der Waals surface area contributed by atoms with Crippen molar-refractivity contribution in [2.24, 2.45) is 0 Å². The normalized spacial score (nSPS) is 17.3. The van der Waals surface area contributed by atoms with Gasteiger partial charge in [0.15, 0.2) is 0 Å². The van der Waals surface area contributed by atoms with Crippen LogP contribution in [-0.2, 0) is 0 Å². The number of nitrogens with one attached hydrogen (secondary N) is 1. The molecule has 0 saturated carbocycles.